The molecule has 14 atom stereocenters. The summed E-state index contributed by atoms with van der Waals surface area (Å²) in [7, 11) is 0. The minimum absolute atomic E-state index is 0.0798. The molecule has 2 saturated heterocycles. The Kier molecular flexibility index (Phi) is 6.39. The average molecular weight is 585 g/mol. The van der Waals surface area contributed by atoms with Crippen molar-refractivity contribution in [1.29, 1.82) is 0 Å². The highest BCUT2D eigenvalue weighted by atomic mass is 16.8. The van der Waals surface area contributed by atoms with Gasteiger partial charge in [0.1, 0.15) is 0 Å². The first-order valence-electron chi connectivity index (χ1n) is 18.1. The lowest BCUT2D eigenvalue weighted by atomic mass is 9.63. The Hall–Kier alpha value is -0.160. The molecule has 4 heteroatoms. The lowest BCUT2D eigenvalue weighted by molar-refractivity contribution is -0.191. The van der Waals surface area contributed by atoms with Gasteiger partial charge >= 0.3 is 0 Å². The number of hydrogen-bond acceptors (Lipinski definition) is 4. The van der Waals surface area contributed by atoms with Gasteiger partial charge in [0.15, 0.2) is 11.6 Å². The van der Waals surface area contributed by atoms with Gasteiger partial charge in [-0.05, 0) is 149 Å². The highest BCUT2D eigenvalue weighted by molar-refractivity contribution is 5.23. The van der Waals surface area contributed by atoms with E-state index in [-0.39, 0.29) is 22.8 Å². The summed E-state index contributed by atoms with van der Waals surface area (Å²) in [6.45, 7) is 28.4. The number of rotatable bonds is 2. The fourth-order valence-corrected chi connectivity index (χ4v) is 14.1. The second-order valence-corrected chi connectivity index (χ2v) is 18.9. The Morgan fingerprint density at radius 2 is 0.857 bits per heavy atom. The van der Waals surface area contributed by atoms with Crippen LogP contribution in [0.3, 0.4) is 0 Å². The van der Waals surface area contributed by atoms with Crippen LogP contribution in [0, 0.1) is 57.2 Å². The van der Waals surface area contributed by atoms with E-state index in [1.807, 2.05) is 0 Å². The van der Waals surface area contributed by atoms with Crippen LogP contribution < -0.4 is 0 Å². The first-order chi connectivity index (χ1) is 19.4. The van der Waals surface area contributed by atoms with Crippen LogP contribution >= 0.6 is 0 Å². The predicted octanol–water partition coefficient (Wildman–Crippen LogP) is 9.54. The van der Waals surface area contributed by atoms with E-state index in [1.54, 1.807) is 0 Å². The molecule has 0 aromatic rings. The van der Waals surface area contributed by atoms with Crippen LogP contribution in [-0.4, -0.2) is 35.0 Å². The fraction of sp³-hybridized carbons (Fsp3) is 1.00. The molecule has 42 heavy (non-hydrogen) atoms. The summed E-state index contributed by atoms with van der Waals surface area (Å²) in [6.07, 6.45) is 13.3. The summed E-state index contributed by atoms with van der Waals surface area (Å²) in [4.78, 5) is 0. The van der Waals surface area contributed by atoms with E-state index in [2.05, 4.69) is 83.1 Å². The van der Waals surface area contributed by atoms with Crippen molar-refractivity contribution in [2.75, 3.05) is 0 Å². The third-order valence-corrected chi connectivity index (χ3v) is 16.6. The Balaban J connectivity index is 0.000000137. The maximum atomic E-state index is 6.63. The molecule has 8 rings (SSSR count). The monoisotopic (exact) mass is 584 g/mol. The lowest BCUT2D eigenvalue weighted by Gasteiger charge is -2.47. The Morgan fingerprint density at radius 1 is 0.500 bits per heavy atom. The number of fused-ring (bicyclic) bond motifs is 6. The zero-order valence-electron chi connectivity index (χ0n) is 29.3. The largest absolute Gasteiger partial charge is 0.344 e. The fourth-order valence-electron chi connectivity index (χ4n) is 14.1. The van der Waals surface area contributed by atoms with Crippen LogP contribution in [0.25, 0.3) is 0 Å². The molecule has 0 unspecified atom stereocenters. The first-order valence-corrected chi connectivity index (χ1v) is 18.1. The van der Waals surface area contributed by atoms with Gasteiger partial charge in [0.05, 0.1) is 23.4 Å². The average Bonchev–Trinajstić information content (AvgIpc) is 3.65. The first kappa shape index (κ1) is 30.5. The standard InChI is InChI=1S/2C19H32O2/c2*1-7-17(5)20-15-11-19-10-14(18(15,6)21-17)16(3,4)13(19)9-8-12(19)2/h2*12-15H,7-11H2,1-6H3/t2*12-,13+,14-,15+,17-,18-,19-/m11/s1. The molecule has 0 amide bonds. The van der Waals surface area contributed by atoms with Gasteiger partial charge in [0.25, 0.3) is 0 Å². The molecule has 4 nitrogen and oxygen atoms in total. The third-order valence-electron chi connectivity index (χ3n) is 16.6. The Morgan fingerprint density at radius 3 is 1.19 bits per heavy atom. The van der Waals surface area contributed by atoms with Crippen LogP contribution in [0.15, 0.2) is 0 Å². The van der Waals surface area contributed by atoms with Crippen LogP contribution in [0.2, 0.25) is 0 Å². The zero-order chi connectivity index (χ0) is 30.5. The van der Waals surface area contributed by atoms with Crippen molar-refractivity contribution < 1.29 is 18.9 Å². The van der Waals surface area contributed by atoms with E-state index in [0.717, 1.165) is 36.5 Å². The van der Waals surface area contributed by atoms with E-state index in [4.69, 9.17) is 18.9 Å². The van der Waals surface area contributed by atoms with Gasteiger partial charge in [-0.1, -0.05) is 55.4 Å². The van der Waals surface area contributed by atoms with E-state index < -0.39 is 0 Å². The van der Waals surface area contributed by atoms with Gasteiger partial charge in [0, 0.05) is 0 Å². The summed E-state index contributed by atoms with van der Waals surface area (Å²) >= 11 is 0. The molecule has 2 aliphatic heterocycles. The van der Waals surface area contributed by atoms with E-state index in [1.165, 1.54) is 51.4 Å². The van der Waals surface area contributed by atoms with Crippen molar-refractivity contribution in [2.45, 2.75) is 182 Å². The second-order valence-electron chi connectivity index (χ2n) is 18.9. The van der Waals surface area contributed by atoms with E-state index in [9.17, 15) is 0 Å². The highest BCUT2D eigenvalue weighted by Crippen LogP contribution is 2.76. The number of hydrogen-bond donors (Lipinski definition) is 0. The van der Waals surface area contributed by atoms with Crippen LogP contribution in [0.1, 0.15) is 147 Å². The summed E-state index contributed by atoms with van der Waals surface area (Å²) in [5, 5.41) is 0. The van der Waals surface area contributed by atoms with Crippen molar-refractivity contribution >= 4 is 0 Å². The van der Waals surface area contributed by atoms with Gasteiger partial charge in [-0.3, -0.25) is 0 Å². The maximum absolute atomic E-state index is 6.63. The molecule has 0 radical (unpaired) electrons. The molecular formula is C38H64O4. The van der Waals surface area contributed by atoms with Crippen LogP contribution in [-0.2, 0) is 18.9 Å². The normalized spacial score (nSPS) is 60.9. The van der Waals surface area contributed by atoms with Gasteiger partial charge in [-0.25, -0.2) is 0 Å². The third kappa shape index (κ3) is 3.57. The van der Waals surface area contributed by atoms with Gasteiger partial charge in [-0.2, -0.15) is 0 Å². The van der Waals surface area contributed by atoms with Crippen molar-refractivity contribution in [3.63, 3.8) is 0 Å². The van der Waals surface area contributed by atoms with Gasteiger partial charge in [-0.15, -0.1) is 0 Å². The predicted molar refractivity (Wildman–Crippen MR) is 168 cm³/mol. The molecule has 8 fully saturated rings. The van der Waals surface area contributed by atoms with E-state index in [0.29, 0.717) is 45.7 Å². The molecular weight excluding hydrogens is 520 g/mol. The smallest absolute Gasteiger partial charge is 0.166 e. The van der Waals surface area contributed by atoms with Gasteiger partial charge in [0.2, 0.25) is 0 Å². The molecule has 2 spiro atoms. The summed E-state index contributed by atoms with van der Waals surface area (Å²) in [5.74, 6) is 4.00. The Labute approximate surface area is 258 Å². The van der Waals surface area contributed by atoms with Crippen LogP contribution in [0.4, 0.5) is 0 Å². The van der Waals surface area contributed by atoms with Crippen molar-refractivity contribution in [2.24, 2.45) is 57.2 Å². The Bertz CT molecular complexity index is 1030. The van der Waals surface area contributed by atoms with Crippen molar-refractivity contribution in [3.8, 4) is 0 Å². The van der Waals surface area contributed by atoms with Crippen LogP contribution in [0.5, 0.6) is 0 Å². The molecule has 4 bridgehead atoms. The van der Waals surface area contributed by atoms with Gasteiger partial charge < -0.3 is 18.9 Å². The SMILES string of the molecule is CC[C@]1(C)O[C@H]2C[C@@]34C[C@H](C(C)(C)[C@@H]3CC[C@H]4C)[C@@]2(C)O1.CC[C@]1(C)O[C@H]2C[C@@]34C[C@H](C(C)(C)[C@@H]3CC[C@H]4C)[C@@]2(C)O1. The molecule has 0 aromatic heterocycles. The molecule has 0 N–H and O–H groups in total. The minimum Gasteiger partial charge on any atom is -0.344 e. The highest BCUT2D eigenvalue weighted by Gasteiger charge is 2.75. The molecule has 0 aromatic carbocycles. The van der Waals surface area contributed by atoms with Crippen molar-refractivity contribution in [3.05, 3.63) is 0 Å². The molecule has 2 heterocycles. The lowest BCUT2D eigenvalue weighted by Crippen LogP contribution is -2.52. The minimum atomic E-state index is -0.367. The zero-order valence-corrected chi connectivity index (χ0v) is 29.3. The summed E-state index contributed by atoms with van der Waals surface area (Å²) < 4.78 is 26.3. The second kappa shape index (κ2) is 8.80. The van der Waals surface area contributed by atoms with E-state index >= 15 is 0 Å². The summed E-state index contributed by atoms with van der Waals surface area (Å²) in [6, 6.07) is 0. The summed E-state index contributed by atoms with van der Waals surface area (Å²) in [5.41, 5.74) is 1.67. The van der Waals surface area contributed by atoms with Crippen molar-refractivity contribution in [1.82, 2.24) is 0 Å². The molecule has 6 aliphatic carbocycles. The topological polar surface area (TPSA) is 36.9 Å². The molecule has 8 aliphatic rings. The molecule has 240 valence electrons. The molecule has 6 saturated carbocycles. The quantitative estimate of drug-likeness (QED) is 0.324. The number of ether oxygens (including phenoxy) is 4. The maximum Gasteiger partial charge on any atom is 0.166 e.